The number of halogens is 3. The number of rotatable bonds is 4. The van der Waals surface area contributed by atoms with Crippen molar-refractivity contribution in [2.45, 2.75) is 44.2 Å². The van der Waals surface area contributed by atoms with E-state index in [0.29, 0.717) is 21.7 Å². The first-order valence-electron chi connectivity index (χ1n) is 11.0. The SMILES string of the molecule is COc1ccc(CNC(=O)c2cc3cc(Cl)c4c(c3o2)C2(CCCCC2)NC(=O)N4)c(F)c1F. The number of amides is 3. The Kier molecular flexibility index (Phi) is 5.59. The van der Waals surface area contributed by atoms with Gasteiger partial charge in [0.25, 0.3) is 5.91 Å². The largest absolute Gasteiger partial charge is 0.494 e. The van der Waals surface area contributed by atoms with Crippen LogP contribution in [-0.2, 0) is 12.1 Å². The van der Waals surface area contributed by atoms with Gasteiger partial charge in [0.1, 0.15) is 5.58 Å². The normalized spacial score (nSPS) is 16.6. The Morgan fingerprint density at radius 2 is 1.97 bits per heavy atom. The topological polar surface area (TPSA) is 92.6 Å². The highest BCUT2D eigenvalue weighted by Gasteiger charge is 2.43. The van der Waals surface area contributed by atoms with Crippen molar-refractivity contribution in [2.75, 3.05) is 12.4 Å². The number of hydrogen-bond donors (Lipinski definition) is 3. The van der Waals surface area contributed by atoms with Gasteiger partial charge in [-0.05, 0) is 31.0 Å². The summed E-state index contributed by atoms with van der Waals surface area (Å²) in [7, 11) is 1.24. The van der Waals surface area contributed by atoms with Crippen molar-refractivity contribution in [3.63, 3.8) is 0 Å². The Morgan fingerprint density at radius 3 is 2.71 bits per heavy atom. The molecule has 1 aliphatic carbocycles. The number of carbonyl (C=O) groups is 2. The van der Waals surface area contributed by atoms with Gasteiger partial charge in [0.05, 0.1) is 23.4 Å². The van der Waals surface area contributed by atoms with Gasteiger partial charge < -0.3 is 25.1 Å². The number of methoxy groups -OCH3 is 1. The monoisotopic (exact) mass is 489 g/mol. The number of urea groups is 1. The molecule has 1 fully saturated rings. The van der Waals surface area contributed by atoms with Gasteiger partial charge in [0.15, 0.2) is 17.3 Å². The number of fused-ring (bicyclic) bond motifs is 4. The van der Waals surface area contributed by atoms with Crippen LogP contribution in [0.25, 0.3) is 11.0 Å². The molecule has 1 aliphatic heterocycles. The molecule has 0 unspecified atom stereocenters. The predicted molar refractivity (Wildman–Crippen MR) is 122 cm³/mol. The molecule has 0 atom stereocenters. The fourth-order valence-electron chi connectivity index (χ4n) is 4.92. The van der Waals surface area contributed by atoms with E-state index in [0.717, 1.165) is 37.7 Å². The van der Waals surface area contributed by atoms with Crippen molar-refractivity contribution in [3.05, 3.63) is 57.8 Å². The lowest BCUT2D eigenvalue weighted by Gasteiger charge is -2.42. The maximum Gasteiger partial charge on any atom is 0.319 e. The Morgan fingerprint density at radius 1 is 1.21 bits per heavy atom. The van der Waals surface area contributed by atoms with E-state index < -0.39 is 23.1 Å². The fourth-order valence-corrected chi connectivity index (χ4v) is 5.18. The first-order valence-corrected chi connectivity index (χ1v) is 11.4. The molecule has 0 radical (unpaired) electrons. The molecule has 34 heavy (non-hydrogen) atoms. The van der Waals surface area contributed by atoms with E-state index in [1.807, 2.05) is 0 Å². The maximum atomic E-state index is 14.3. The molecule has 10 heteroatoms. The number of carbonyl (C=O) groups excluding carboxylic acids is 2. The molecule has 178 valence electrons. The fraction of sp³-hybridized carbons (Fsp3) is 0.333. The van der Waals surface area contributed by atoms with Crippen molar-refractivity contribution in [1.29, 1.82) is 0 Å². The zero-order chi connectivity index (χ0) is 24.0. The van der Waals surface area contributed by atoms with Gasteiger partial charge in [-0.15, -0.1) is 0 Å². The number of ether oxygens (including phenoxy) is 1. The van der Waals surface area contributed by atoms with Gasteiger partial charge in [-0.1, -0.05) is 36.9 Å². The summed E-state index contributed by atoms with van der Waals surface area (Å²) >= 11 is 6.50. The summed E-state index contributed by atoms with van der Waals surface area (Å²) in [5.41, 5.74) is 1.01. The standard InChI is InChI=1S/C24H22ClF2N3O4/c1-33-15-6-5-12(18(26)19(15)27)11-28-22(31)16-10-13-9-14(25)20-17(21(13)34-16)24(30-23(32)29-20)7-3-2-4-8-24/h5-6,9-10H,2-4,7-8,11H2,1H3,(H,28,31)(H2,29,30,32). The molecule has 3 aromatic rings. The van der Waals surface area contributed by atoms with Gasteiger partial charge in [-0.3, -0.25) is 4.79 Å². The second-order valence-corrected chi connectivity index (χ2v) is 9.00. The lowest BCUT2D eigenvalue weighted by molar-refractivity contribution is 0.0924. The van der Waals surface area contributed by atoms with E-state index in [-0.39, 0.29) is 29.6 Å². The van der Waals surface area contributed by atoms with Crippen LogP contribution in [0.5, 0.6) is 5.75 Å². The minimum Gasteiger partial charge on any atom is -0.494 e. The average Bonchev–Trinajstić information content (AvgIpc) is 3.24. The van der Waals surface area contributed by atoms with Crippen molar-refractivity contribution in [3.8, 4) is 5.75 Å². The summed E-state index contributed by atoms with van der Waals surface area (Å²) in [4.78, 5) is 25.2. The molecule has 0 bridgehead atoms. The highest BCUT2D eigenvalue weighted by Crippen LogP contribution is 2.48. The molecule has 7 nitrogen and oxygen atoms in total. The van der Waals surface area contributed by atoms with E-state index in [9.17, 15) is 18.4 Å². The summed E-state index contributed by atoms with van der Waals surface area (Å²) in [6, 6.07) is 5.49. The van der Waals surface area contributed by atoms with Crippen LogP contribution in [0.1, 0.15) is 53.8 Å². The number of nitrogens with one attached hydrogen (secondary N) is 3. The molecule has 1 spiro atoms. The van der Waals surface area contributed by atoms with Crippen LogP contribution in [0.3, 0.4) is 0 Å². The van der Waals surface area contributed by atoms with E-state index in [2.05, 4.69) is 16.0 Å². The zero-order valence-electron chi connectivity index (χ0n) is 18.3. The van der Waals surface area contributed by atoms with Crippen molar-refractivity contribution in [2.24, 2.45) is 0 Å². The van der Waals surface area contributed by atoms with Crippen LogP contribution < -0.4 is 20.7 Å². The molecule has 3 N–H and O–H groups in total. The van der Waals surface area contributed by atoms with E-state index in [1.165, 1.54) is 19.2 Å². The van der Waals surface area contributed by atoms with Gasteiger partial charge in [0, 0.05) is 23.1 Å². The summed E-state index contributed by atoms with van der Waals surface area (Å²) in [6.45, 7) is -0.247. The Balaban J connectivity index is 1.48. The summed E-state index contributed by atoms with van der Waals surface area (Å²) in [5, 5.41) is 9.34. The van der Waals surface area contributed by atoms with Crippen LogP contribution >= 0.6 is 11.6 Å². The lowest BCUT2D eigenvalue weighted by atomic mass is 9.74. The molecule has 1 aromatic heterocycles. The summed E-state index contributed by atoms with van der Waals surface area (Å²) in [6.07, 6.45) is 4.40. The molecule has 5 rings (SSSR count). The first-order chi connectivity index (χ1) is 16.3. The predicted octanol–water partition coefficient (Wildman–Crippen LogP) is 5.60. The van der Waals surface area contributed by atoms with Crippen LogP contribution in [0.15, 0.2) is 28.7 Å². The number of benzene rings is 2. The summed E-state index contributed by atoms with van der Waals surface area (Å²) in [5.74, 6) is -3.03. The van der Waals surface area contributed by atoms with E-state index in [4.69, 9.17) is 20.8 Å². The van der Waals surface area contributed by atoms with Crippen molar-refractivity contribution in [1.82, 2.24) is 10.6 Å². The number of furan rings is 1. The third-order valence-corrected chi connectivity index (χ3v) is 6.84. The molecule has 2 aliphatic rings. The minimum absolute atomic E-state index is 0.00304. The van der Waals surface area contributed by atoms with Gasteiger partial charge in [-0.2, -0.15) is 4.39 Å². The zero-order valence-corrected chi connectivity index (χ0v) is 19.1. The van der Waals surface area contributed by atoms with Crippen LogP contribution in [0.2, 0.25) is 5.02 Å². The quantitative estimate of drug-likeness (QED) is 0.445. The van der Waals surface area contributed by atoms with Gasteiger partial charge in [0.2, 0.25) is 5.82 Å². The van der Waals surface area contributed by atoms with Crippen LogP contribution in [0.4, 0.5) is 19.3 Å². The molecule has 0 saturated heterocycles. The molecular formula is C24H22ClF2N3O4. The van der Waals surface area contributed by atoms with Crippen LogP contribution in [0, 0.1) is 11.6 Å². The first kappa shape index (κ1) is 22.5. The van der Waals surface area contributed by atoms with E-state index >= 15 is 0 Å². The number of anilines is 1. The van der Waals surface area contributed by atoms with Crippen LogP contribution in [-0.4, -0.2) is 19.0 Å². The molecule has 2 heterocycles. The second-order valence-electron chi connectivity index (χ2n) is 8.60. The highest BCUT2D eigenvalue weighted by molar-refractivity contribution is 6.35. The second kappa shape index (κ2) is 8.47. The smallest absolute Gasteiger partial charge is 0.319 e. The van der Waals surface area contributed by atoms with Gasteiger partial charge >= 0.3 is 6.03 Å². The lowest BCUT2D eigenvalue weighted by Crippen LogP contribution is -2.52. The van der Waals surface area contributed by atoms with E-state index in [1.54, 1.807) is 12.1 Å². The Bertz CT molecular complexity index is 1320. The molecule has 3 amide bonds. The van der Waals surface area contributed by atoms with Crippen molar-refractivity contribution < 1.29 is 27.5 Å². The van der Waals surface area contributed by atoms with Gasteiger partial charge in [-0.25, -0.2) is 9.18 Å². The Labute approximate surface area is 198 Å². The molecular weight excluding hydrogens is 468 g/mol. The highest BCUT2D eigenvalue weighted by atomic mass is 35.5. The molecule has 2 aromatic carbocycles. The molecule has 1 saturated carbocycles. The maximum absolute atomic E-state index is 14.3. The third kappa shape index (κ3) is 3.64. The van der Waals surface area contributed by atoms with Crippen molar-refractivity contribution >= 4 is 40.2 Å². The summed E-state index contributed by atoms with van der Waals surface area (Å²) < 4.78 is 39.0. The number of hydrogen-bond acceptors (Lipinski definition) is 4. The Hall–Kier alpha value is -3.33. The average molecular weight is 490 g/mol. The third-order valence-electron chi connectivity index (χ3n) is 6.55. The minimum atomic E-state index is -1.12.